The van der Waals surface area contributed by atoms with Crippen LogP contribution in [0.5, 0.6) is 0 Å². The largest absolute Gasteiger partial charge is 0.300 e. The van der Waals surface area contributed by atoms with E-state index in [1.54, 1.807) is 0 Å². The van der Waals surface area contributed by atoms with Gasteiger partial charge in [0.15, 0.2) is 0 Å². The lowest BCUT2D eigenvalue weighted by Gasteiger charge is -2.45. The Morgan fingerprint density at radius 2 is 1.86 bits per heavy atom. The SMILES string of the molecule is CC(C)[C@H]1CCN(C2CCC2)C[C@@H]1C. The van der Waals surface area contributed by atoms with Gasteiger partial charge in [0.2, 0.25) is 0 Å². The van der Waals surface area contributed by atoms with Gasteiger partial charge in [0.1, 0.15) is 0 Å². The number of nitrogens with zero attached hydrogens (tertiary/aromatic N) is 1. The standard InChI is InChI=1S/C13H25N/c1-10(2)13-7-8-14(9-11(13)3)12-5-4-6-12/h10-13H,4-9H2,1-3H3/t11-,13+/m0/s1. The van der Waals surface area contributed by atoms with Gasteiger partial charge < -0.3 is 4.90 Å². The van der Waals surface area contributed by atoms with Gasteiger partial charge in [-0.15, -0.1) is 0 Å². The lowest BCUT2D eigenvalue weighted by atomic mass is 9.77. The molecule has 1 saturated heterocycles. The van der Waals surface area contributed by atoms with Gasteiger partial charge in [-0.05, 0) is 43.6 Å². The molecule has 0 N–H and O–H groups in total. The molecule has 1 aliphatic heterocycles. The van der Waals surface area contributed by atoms with E-state index in [9.17, 15) is 0 Å². The minimum absolute atomic E-state index is 0.883. The summed E-state index contributed by atoms with van der Waals surface area (Å²) in [4.78, 5) is 2.76. The maximum atomic E-state index is 2.76. The van der Waals surface area contributed by atoms with Crippen LogP contribution in [0.2, 0.25) is 0 Å². The minimum Gasteiger partial charge on any atom is -0.300 e. The second kappa shape index (κ2) is 4.22. The highest BCUT2D eigenvalue weighted by Gasteiger charge is 2.33. The summed E-state index contributed by atoms with van der Waals surface area (Å²) >= 11 is 0. The molecule has 1 nitrogen and oxygen atoms in total. The van der Waals surface area contributed by atoms with Crippen LogP contribution in [0.3, 0.4) is 0 Å². The van der Waals surface area contributed by atoms with E-state index in [0.29, 0.717) is 0 Å². The first-order valence-corrected chi connectivity index (χ1v) is 6.42. The molecule has 0 aromatic heterocycles. The fourth-order valence-electron chi connectivity index (χ4n) is 3.27. The number of hydrogen-bond acceptors (Lipinski definition) is 1. The van der Waals surface area contributed by atoms with Crippen molar-refractivity contribution in [1.29, 1.82) is 0 Å². The molecule has 14 heavy (non-hydrogen) atoms. The molecule has 0 bridgehead atoms. The van der Waals surface area contributed by atoms with Crippen LogP contribution in [0.15, 0.2) is 0 Å². The third kappa shape index (κ3) is 1.98. The molecule has 1 aliphatic carbocycles. The Kier molecular flexibility index (Phi) is 3.16. The molecule has 1 heteroatoms. The highest BCUT2D eigenvalue weighted by molar-refractivity contribution is 4.86. The fraction of sp³-hybridized carbons (Fsp3) is 1.00. The lowest BCUT2D eigenvalue weighted by molar-refractivity contribution is 0.0392. The van der Waals surface area contributed by atoms with Gasteiger partial charge in [0.25, 0.3) is 0 Å². The van der Waals surface area contributed by atoms with Crippen molar-refractivity contribution in [2.45, 2.75) is 52.5 Å². The van der Waals surface area contributed by atoms with Crippen molar-refractivity contribution in [1.82, 2.24) is 4.90 Å². The molecule has 0 spiro atoms. The average Bonchev–Trinajstić information content (AvgIpc) is 2.00. The molecule has 82 valence electrons. The Morgan fingerprint density at radius 1 is 1.14 bits per heavy atom. The molecule has 0 unspecified atom stereocenters. The van der Waals surface area contributed by atoms with Crippen molar-refractivity contribution >= 4 is 0 Å². The quantitative estimate of drug-likeness (QED) is 0.654. The van der Waals surface area contributed by atoms with Crippen molar-refractivity contribution in [2.75, 3.05) is 13.1 Å². The molecule has 1 heterocycles. The van der Waals surface area contributed by atoms with E-state index in [4.69, 9.17) is 0 Å². The number of piperidine rings is 1. The first-order valence-electron chi connectivity index (χ1n) is 6.42. The van der Waals surface area contributed by atoms with Crippen LogP contribution in [-0.2, 0) is 0 Å². The Labute approximate surface area is 88.9 Å². The van der Waals surface area contributed by atoms with E-state index >= 15 is 0 Å². The summed E-state index contributed by atoms with van der Waals surface area (Å²) < 4.78 is 0. The van der Waals surface area contributed by atoms with Gasteiger partial charge in [-0.2, -0.15) is 0 Å². The van der Waals surface area contributed by atoms with Gasteiger partial charge >= 0.3 is 0 Å². The zero-order valence-electron chi connectivity index (χ0n) is 10.00. The third-order valence-electron chi connectivity index (χ3n) is 4.45. The summed E-state index contributed by atoms with van der Waals surface area (Å²) in [6, 6.07) is 0.963. The van der Waals surface area contributed by atoms with Crippen molar-refractivity contribution in [2.24, 2.45) is 17.8 Å². The lowest BCUT2D eigenvalue weighted by Crippen LogP contribution is -2.48. The van der Waals surface area contributed by atoms with Crippen molar-refractivity contribution in [3.8, 4) is 0 Å². The fourth-order valence-corrected chi connectivity index (χ4v) is 3.27. The summed E-state index contributed by atoms with van der Waals surface area (Å²) in [5.41, 5.74) is 0. The molecule has 2 rings (SSSR count). The smallest absolute Gasteiger partial charge is 0.00953 e. The van der Waals surface area contributed by atoms with Gasteiger partial charge in [-0.1, -0.05) is 27.2 Å². The number of hydrogen-bond donors (Lipinski definition) is 0. The van der Waals surface area contributed by atoms with E-state index < -0.39 is 0 Å². The van der Waals surface area contributed by atoms with Crippen LogP contribution >= 0.6 is 0 Å². The maximum Gasteiger partial charge on any atom is 0.00953 e. The highest BCUT2D eigenvalue weighted by atomic mass is 15.2. The average molecular weight is 195 g/mol. The van der Waals surface area contributed by atoms with Crippen LogP contribution in [0, 0.1) is 17.8 Å². The predicted octanol–water partition coefficient (Wildman–Crippen LogP) is 3.15. The first kappa shape index (κ1) is 10.5. The Hall–Kier alpha value is -0.0400. The first-order chi connectivity index (χ1) is 6.68. The van der Waals surface area contributed by atoms with E-state index in [1.807, 2.05) is 0 Å². The summed E-state index contributed by atoms with van der Waals surface area (Å²) in [5, 5.41) is 0. The maximum absolute atomic E-state index is 2.76. The predicted molar refractivity (Wildman–Crippen MR) is 61.3 cm³/mol. The van der Waals surface area contributed by atoms with E-state index in [-0.39, 0.29) is 0 Å². The Morgan fingerprint density at radius 3 is 2.29 bits per heavy atom. The zero-order chi connectivity index (χ0) is 10.1. The molecule has 0 amide bonds. The molecule has 2 aliphatic rings. The van der Waals surface area contributed by atoms with Crippen molar-refractivity contribution < 1.29 is 0 Å². The summed E-state index contributed by atoms with van der Waals surface area (Å²) in [6.07, 6.45) is 5.86. The second-order valence-electron chi connectivity index (χ2n) is 5.75. The van der Waals surface area contributed by atoms with Gasteiger partial charge in [0, 0.05) is 12.6 Å². The van der Waals surface area contributed by atoms with Crippen molar-refractivity contribution in [3.05, 3.63) is 0 Å². The van der Waals surface area contributed by atoms with Crippen LogP contribution in [0.1, 0.15) is 46.5 Å². The van der Waals surface area contributed by atoms with Crippen LogP contribution in [0.25, 0.3) is 0 Å². The van der Waals surface area contributed by atoms with E-state index in [2.05, 4.69) is 25.7 Å². The molecule has 1 saturated carbocycles. The monoisotopic (exact) mass is 195 g/mol. The second-order valence-corrected chi connectivity index (χ2v) is 5.75. The molecular formula is C13H25N. The summed E-state index contributed by atoms with van der Waals surface area (Å²) in [5.74, 6) is 2.78. The number of likely N-dealkylation sites (tertiary alicyclic amines) is 1. The summed E-state index contributed by atoms with van der Waals surface area (Å²) in [6.45, 7) is 9.97. The van der Waals surface area contributed by atoms with Crippen LogP contribution in [-0.4, -0.2) is 24.0 Å². The Balaban J connectivity index is 1.85. The normalized spacial score (nSPS) is 36.0. The molecule has 0 aromatic rings. The number of rotatable bonds is 2. The molecule has 2 fully saturated rings. The van der Waals surface area contributed by atoms with Gasteiger partial charge in [0.05, 0.1) is 0 Å². The summed E-state index contributed by atoms with van der Waals surface area (Å²) in [7, 11) is 0. The van der Waals surface area contributed by atoms with E-state index in [0.717, 1.165) is 23.8 Å². The van der Waals surface area contributed by atoms with E-state index in [1.165, 1.54) is 38.8 Å². The van der Waals surface area contributed by atoms with Crippen molar-refractivity contribution in [3.63, 3.8) is 0 Å². The third-order valence-corrected chi connectivity index (χ3v) is 4.45. The zero-order valence-corrected chi connectivity index (χ0v) is 10.00. The van der Waals surface area contributed by atoms with Gasteiger partial charge in [-0.25, -0.2) is 0 Å². The molecule has 0 radical (unpaired) electrons. The highest BCUT2D eigenvalue weighted by Crippen LogP contribution is 2.34. The minimum atomic E-state index is 0.883. The Bertz CT molecular complexity index is 184. The molecule has 2 atom stereocenters. The van der Waals surface area contributed by atoms with Crippen LogP contribution in [0.4, 0.5) is 0 Å². The van der Waals surface area contributed by atoms with Crippen LogP contribution < -0.4 is 0 Å². The van der Waals surface area contributed by atoms with Gasteiger partial charge in [-0.3, -0.25) is 0 Å². The molecule has 0 aromatic carbocycles. The molecular weight excluding hydrogens is 170 g/mol. The topological polar surface area (TPSA) is 3.24 Å².